The van der Waals surface area contributed by atoms with E-state index < -0.39 is 0 Å². The van der Waals surface area contributed by atoms with Crippen LogP contribution in [0.5, 0.6) is 0 Å². The summed E-state index contributed by atoms with van der Waals surface area (Å²) in [5.41, 5.74) is 1.08. The van der Waals surface area contributed by atoms with Crippen molar-refractivity contribution in [3.8, 4) is 11.8 Å². The molecule has 1 aromatic carbocycles. The van der Waals surface area contributed by atoms with Crippen LogP contribution in [-0.4, -0.2) is 37.6 Å². The van der Waals surface area contributed by atoms with Gasteiger partial charge in [0.05, 0.1) is 6.54 Å². The highest BCUT2D eigenvalue weighted by Crippen LogP contribution is 1.94. The summed E-state index contributed by atoms with van der Waals surface area (Å²) in [6, 6.07) is 10.7. The van der Waals surface area contributed by atoms with Gasteiger partial charge in [0.2, 0.25) is 0 Å². The van der Waals surface area contributed by atoms with E-state index in [2.05, 4.69) is 43.0 Å². The molecule has 2 heteroatoms. The van der Waals surface area contributed by atoms with Crippen LogP contribution in [0, 0.1) is 11.8 Å². The normalized spacial score (nSPS) is 10.4. The fourth-order valence-corrected chi connectivity index (χ4v) is 1.33. The average Bonchev–Trinajstić information content (AvgIpc) is 2.34. The zero-order valence-electron chi connectivity index (χ0n) is 11.0. The van der Waals surface area contributed by atoms with Crippen molar-refractivity contribution in [1.82, 2.24) is 10.2 Å². The molecule has 0 radical (unpaired) electrons. The van der Waals surface area contributed by atoms with E-state index in [0.29, 0.717) is 6.04 Å². The van der Waals surface area contributed by atoms with Gasteiger partial charge in [-0.1, -0.05) is 30.0 Å². The monoisotopic (exact) mass is 230 g/mol. The standard InChI is InChI=1S/C15H22N2/c1-14(2)17(3)13-12-16-11-7-10-15-8-5-4-6-9-15/h4-6,8-9,14,16H,11-13H2,1-3H3. The van der Waals surface area contributed by atoms with Crippen molar-refractivity contribution < 1.29 is 0 Å². The Balaban J connectivity index is 2.15. The molecule has 0 spiro atoms. The molecule has 0 unspecified atom stereocenters. The molecular formula is C15H22N2. The molecule has 0 amide bonds. The number of benzene rings is 1. The molecule has 0 aliphatic carbocycles. The molecule has 0 aliphatic heterocycles. The molecule has 0 saturated heterocycles. The first-order valence-corrected chi connectivity index (χ1v) is 6.15. The smallest absolute Gasteiger partial charge is 0.0580 e. The number of hydrogen-bond donors (Lipinski definition) is 1. The van der Waals surface area contributed by atoms with Crippen LogP contribution >= 0.6 is 0 Å². The van der Waals surface area contributed by atoms with Crippen LogP contribution in [0.25, 0.3) is 0 Å². The molecule has 1 rings (SSSR count). The van der Waals surface area contributed by atoms with Crippen molar-refractivity contribution in [3.05, 3.63) is 35.9 Å². The van der Waals surface area contributed by atoms with Gasteiger partial charge in [0.1, 0.15) is 0 Å². The molecule has 0 atom stereocenters. The van der Waals surface area contributed by atoms with Crippen molar-refractivity contribution >= 4 is 0 Å². The van der Waals surface area contributed by atoms with Crippen LogP contribution < -0.4 is 5.32 Å². The molecule has 0 aromatic heterocycles. The molecule has 92 valence electrons. The van der Waals surface area contributed by atoms with Gasteiger partial charge < -0.3 is 10.2 Å². The van der Waals surface area contributed by atoms with Crippen LogP contribution in [0.4, 0.5) is 0 Å². The third kappa shape index (κ3) is 6.11. The second-order valence-corrected chi connectivity index (χ2v) is 4.42. The van der Waals surface area contributed by atoms with Gasteiger partial charge in [0.15, 0.2) is 0 Å². The second kappa shape index (κ2) is 7.89. The molecule has 0 aliphatic rings. The van der Waals surface area contributed by atoms with E-state index in [9.17, 15) is 0 Å². The lowest BCUT2D eigenvalue weighted by Gasteiger charge is -2.20. The van der Waals surface area contributed by atoms with Crippen LogP contribution in [0.1, 0.15) is 19.4 Å². The summed E-state index contributed by atoms with van der Waals surface area (Å²) in [7, 11) is 2.14. The molecule has 0 heterocycles. The zero-order valence-corrected chi connectivity index (χ0v) is 11.0. The molecular weight excluding hydrogens is 208 g/mol. The van der Waals surface area contributed by atoms with E-state index in [1.807, 2.05) is 30.3 Å². The average molecular weight is 230 g/mol. The van der Waals surface area contributed by atoms with Gasteiger partial charge in [-0.05, 0) is 33.0 Å². The quantitative estimate of drug-likeness (QED) is 0.614. The van der Waals surface area contributed by atoms with Crippen molar-refractivity contribution in [1.29, 1.82) is 0 Å². The van der Waals surface area contributed by atoms with E-state index in [0.717, 1.165) is 25.2 Å². The molecule has 1 N–H and O–H groups in total. The Morgan fingerprint density at radius 2 is 1.94 bits per heavy atom. The Labute approximate surface area is 105 Å². The number of rotatable bonds is 5. The minimum Gasteiger partial charge on any atom is -0.305 e. The first-order chi connectivity index (χ1) is 8.20. The van der Waals surface area contributed by atoms with Crippen LogP contribution in [0.2, 0.25) is 0 Å². The molecule has 2 nitrogen and oxygen atoms in total. The van der Waals surface area contributed by atoms with Gasteiger partial charge in [0.25, 0.3) is 0 Å². The third-order valence-corrected chi connectivity index (χ3v) is 2.74. The Hall–Kier alpha value is -1.30. The van der Waals surface area contributed by atoms with Crippen LogP contribution in [0.15, 0.2) is 30.3 Å². The highest BCUT2D eigenvalue weighted by Gasteiger charge is 2.00. The Kier molecular flexibility index (Phi) is 6.39. The fraction of sp³-hybridized carbons (Fsp3) is 0.467. The van der Waals surface area contributed by atoms with Crippen molar-refractivity contribution in [3.63, 3.8) is 0 Å². The van der Waals surface area contributed by atoms with Crippen LogP contribution in [0.3, 0.4) is 0 Å². The van der Waals surface area contributed by atoms with E-state index in [4.69, 9.17) is 0 Å². The first-order valence-electron chi connectivity index (χ1n) is 6.15. The molecule has 17 heavy (non-hydrogen) atoms. The molecule has 1 aromatic rings. The van der Waals surface area contributed by atoms with Gasteiger partial charge in [-0.25, -0.2) is 0 Å². The molecule has 0 bridgehead atoms. The highest BCUT2D eigenvalue weighted by molar-refractivity contribution is 5.33. The van der Waals surface area contributed by atoms with Gasteiger partial charge in [0, 0.05) is 24.7 Å². The summed E-state index contributed by atoms with van der Waals surface area (Å²) >= 11 is 0. The van der Waals surface area contributed by atoms with Crippen molar-refractivity contribution in [2.45, 2.75) is 19.9 Å². The van der Waals surface area contributed by atoms with Gasteiger partial charge in [-0.3, -0.25) is 0 Å². The maximum atomic E-state index is 3.33. The second-order valence-electron chi connectivity index (χ2n) is 4.42. The number of hydrogen-bond acceptors (Lipinski definition) is 2. The molecule has 0 fully saturated rings. The molecule has 0 saturated carbocycles. The predicted molar refractivity (Wildman–Crippen MR) is 74.0 cm³/mol. The summed E-state index contributed by atoms with van der Waals surface area (Å²) < 4.78 is 0. The predicted octanol–water partition coefficient (Wildman–Crippen LogP) is 1.97. The minimum absolute atomic E-state index is 0.604. The fourth-order valence-electron chi connectivity index (χ4n) is 1.33. The SMILES string of the molecule is CC(C)N(C)CCNCC#Cc1ccccc1. The lowest BCUT2D eigenvalue weighted by atomic mass is 10.2. The number of nitrogens with zero attached hydrogens (tertiary/aromatic N) is 1. The Morgan fingerprint density at radius 3 is 2.59 bits per heavy atom. The third-order valence-electron chi connectivity index (χ3n) is 2.74. The lowest BCUT2D eigenvalue weighted by Crippen LogP contribution is -2.33. The number of nitrogens with one attached hydrogen (secondary N) is 1. The summed E-state index contributed by atoms with van der Waals surface area (Å²) in [6.45, 7) is 7.20. The van der Waals surface area contributed by atoms with E-state index in [-0.39, 0.29) is 0 Å². The summed E-state index contributed by atoms with van der Waals surface area (Å²) in [6.07, 6.45) is 0. The maximum Gasteiger partial charge on any atom is 0.0580 e. The zero-order chi connectivity index (χ0) is 12.5. The number of likely N-dealkylation sites (N-methyl/N-ethyl adjacent to an activating group) is 1. The van der Waals surface area contributed by atoms with E-state index >= 15 is 0 Å². The van der Waals surface area contributed by atoms with Crippen molar-refractivity contribution in [2.24, 2.45) is 0 Å². The maximum absolute atomic E-state index is 3.33. The minimum atomic E-state index is 0.604. The topological polar surface area (TPSA) is 15.3 Å². The lowest BCUT2D eigenvalue weighted by molar-refractivity contribution is 0.275. The summed E-state index contributed by atoms with van der Waals surface area (Å²) in [5, 5.41) is 3.33. The van der Waals surface area contributed by atoms with Gasteiger partial charge >= 0.3 is 0 Å². The summed E-state index contributed by atoms with van der Waals surface area (Å²) in [4.78, 5) is 2.32. The van der Waals surface area contributed by atoms with Gasteiger partial charge in [-0.15, -0.1) is 0 Å². The van der Waals surface area contributed by atoms with E-state index in [1.165, 1.54) is 0 Å². The van der Waals surface area contributed by atoms with E-state index in [1.54, 1.807) is 0 Å². The van der Waals surface area contributed by atoms with Crippen molar-refractivity contribution in [2.75, 3.05) is 26.7 Å². The van der Waals surface area contributed by atoms with Gasteiger partial charge in [-0.2, -0.15) is 0 Å². The Bertz CT molecular complexity index is 360. The summed E-state index contributed by atoms with van der Waals surface area (Å²) in [5.74, 6) is 6.25. The first kappa shape index (κ1) is 13.8. The van der Waals surface area contributed by atoms with Crippen LogP contribution in [-0.2, 0) is 0 Å². The largest absolute Gasteiger partial charge is 0.305 e. The Morgan fingerprint density at radius 1 is 1.24 bits per heavy atom. The highest BCUT2D eigenvalue weighted by atomic mass is 15.1.